The van der Waals surface area contributed by atoms with Crippen LogP contribution in [0.15, 0.2) is 12.2 Å². The van der Waals surface area contributed by atoms with Gasteiger partial charge in [0.05, 0.1) is 6.61 Å². The van der Waals surface area contributed by atoms with Gasteiger partial charge in [-0.2, -0.15) is 8.42 Å². The molecule has 0 aromatic rings. The van der Waals surface area contributed by atoms with Gasteiger partial charge in [-0.05, 0) is 34.5 Å². The standard InChI is InChI=1S/C8H14O6S.C4H11N/c1-4-13-15(10,11)14-6-5-12-8(9)7(2)3;1-4-5(2)3/h2,4-6H2,1,3H3;4H2,1-3H3. The maximum absolute atomic E-state index is 10.8. The van der Waals surface area contributed by atoms with Crippen LogP contribution in [0.5, 0.6) is 0 Å². The molecule has 0 aliphatic heterocycles. The number of carbonyl (C=O) groups excluding carboxylic acids is 1. The fourth-order valence-electron chi connectivity index (χ4n) is 0.572. The van der Waals surface area contributed by atoms with Gasteiger partial charge in [0.15, 0.2) is 0 Å². The molecule has 120 valence electrons. The third kappa shape index (κ3) is 15.1. The van der Waals surface area contributed by atoms with E-state index in [2.05, 4.69) is 45.6 Å². The van der Waals surface area contributed by atoms with Gasteiger partial charge in [0.25, 0.3) is 0 Å². The van der Waals surface area contributed by atoms with Gasteiger partial charge in [-0.15, -0.1) is 0 Å². The molecule has 8 heteroatoms. The maximum atomic E-state index is 10.8. The second kappa shape index (κ2) is 11.8. The van der Waals surface area contributed by atoms with Crippen molar-refractivity contribution in [3.8, 4) is 0 Å². The Hall–Kier alpha value is -0.960. The van der Waals surface area contributed by atoms with E-state index >= 15 is 0 Å². The molecule has 0 amide bonds. The third-order valence-corrected chi connectivity index (χ3v) is 2.77. The third-order valence-electron chi connectivity index (χ3n) is 1.79. The molecule has 7 nitrogen and oxygen atoms in total. The van der Waals surface area contributed by atoms with Crippen LogP contribution in [-0.4, -0.2) is 59.7 Å². The lowest BCUT2D eigenvalue weighted by Crippen LogP contribution is -2.16. The Morgan fingerprint density at radius 1 is 1.15 bits per heavy atom. The Balaban J connectivity index is 0. The fourth-order valence-corrected chi connectivity index (χ4v) is 1.20. The minimum atomic E-state index is -3.96. The predicted octanol–water partition coefficient (Wildman–Crippen LogP) is 0.972. The highest BCUT2D eigenvalue weighted by molar-refractivity contribution is 7.81. The van der Waals surface area contributed by atoms with Gasteiger partial charge < -0.3 is 9.64 Å². The zero-order chi connectivity index (χ0) is 16.2. The van der Waals surface area contributed by atoms with E-state index in [1.807, 2.05) is 0 Å². The molecule has 0 radical (unpaired) electrons. The van der Waals surface area contributed by atoms with Gasteiger partial charge in [-0.3, -0.25) is 0 Å². The van der Waals surface area contributed by atoms with Crippen molar-refractivity contribution >= 4 is 16.4 Å². The molecule has 0 aromatic carbocycles. The molecule has 0 aromatic heterocycles. The quantitative estimate of drug-likeness (QED) is 0.375. The summed E-state index contributed by atoms with van der Waals surface area (Å²) in [6.07, 6.45) is 0. The molecule has 0 rings (SSSR count). The average Bonchev–Trinajstić information content (AvgIpc) is 2.34. The predicted molar refractivity (Wildman–Crippen MR) is 76.5 cm³/mol. The summed E-state index contributed by atoms with van der Waals surface area (Å²) < 4.78 is 34.8. The van der Waals surface area contributed by atoms with Gasteiger partial charge in [0.2, 0.25) is 0 Å². The summed E-state index contributed by atoms with van der Waals surface area (Å²) in [7, 11) is 0.148. The van der Waals surface area contributed by atoms with Crippen LogP contribution in [0, 0.1) is 0 Å². The van der Waals surface area contributed by atoms with Crippen LogP contribution >= 0.6 is 0 Å². The average molecular weight is 311 g/mol. The highest BCUT2D eigenvalue weighted by Crippen LogP contribution is 1.96. The van der Waals surface area contributed by atoms with Crippen molar-refractivity contribution in [2.45, 2.75) is 20.8 Å². The Kier molecular flexibility index (Phi) is 12.6. The molecular weight excluding hydrogens is 286 g/mol. The van der Waals surface area contributed by atoms with E-state index in [9.17, 15) is 13.2 Å². The minimum absolute atomic E-state index is 0.00606. The first kappa shape index (κ1) is 21.3. The molecule has 0 unspecified atom stereocenters. The summed E-state index contributed by atoms with van der Waals surface area (Å²) in [6, 6.07) is 0. The molecule has 20 heavy (non-hydrogen) atoms. The first-order valence-electron chi connectivity index (χ1n) is 6.17. The summed E-state index contributed by atoms with van der Waals surface area (Å²) in [6.45, 7) is 9.17. The van der Waals surface area contributed by atoms with Crippen molar-refractivity contribution < 1.29 is 26.3 Å². The first-order valence-corrected chi connectivity index (χ1v) is 7.50. The molecule has 0 atom stereocenters. The lowest BCUT2D eigenvalue weighted by molar-refractivity contribution is -0.139. The lowest BCUT2D eigenvalue weighted by atomic mass is 10.4. The van der Waals surface area contributed by atoms with Gasteiger partial charge in [0.1, 0.15) is 13.2 Å². The van der Waals surface area contributed by atoms with E-state index in [1.165, 1.54) is 13.8 Å². The second-order valence-electron chi connectivity index (χ2n) is 3.95. The normalized spacial score (nSPS) is 10.7. The van der Waals surface area contributed by atoms with Crippen LogP contribution < -0.4 is 0 Å². The zero-order valence-electron chi connectivity index (χ0n) is 12.8. The lowest BCUT2D eigenvalue weighted by Gasteiger charge is -2.05. The number of carbonyl (C=O) groups is 1. The number of esters is 1. The largest absolute Gasteiger partial charge is 0.460 e. The van der Waals surface area contributed by atoms with E-state index in [0.29, 0.717) is 0 Å². The van der Waals surface area contributed by atoms with Crippen LogP contribution in [0.3, 0.4) is 0 Å². The van der Waals surface area contributed by atoms with E-state index in [-0.39, 0.29) is 25.4 Å². The molecule has 0 bridgehead atoms. The summed E-state index contributed by atoms with van der Waals surface area (Å²) in [5.74, 6) is -0.590. The molecule has 0 aliphatic carbocycles. The van der Waals surface area contributed by atoms with Gasteiger partial charge >= 0.3 is 16.4 Å². The van der Waals surface area contributed by atoms with Crippen LogP contribution in [0.4, 0.5) is 0 Å². The smallest absolute Gasteiger partial charge is 0.399 e. The summed E-state index contributed by atoms with van der Waals surface area (Å²) in [5.41, 5.74) is 0.239. The van der Waals surface area contributed by atoms with E-state index in [1.54, 1.807) is 0 Å². The molecule has 0 aliphatic rings. The van der Waals surface area contributed by atoms with E-state index in [4.69, 9.17) is 0 Å². The highest BCUT2D eigenvalue weighted by Gasteiger charge is 2.10. The van der Waals surface area contributed by atoms with Crippen LogP contribution in [-0.2, 0) is 28.3 Å². The minimum Gasteiger partial charge on any atom is -0.460 e. The SMILES string of the molecule is C=C(C)C(=O)OCCOS(=O)(=O)OCC.CCN(C)C. The van der Waals surface area contributed by atoms with Gasteiger partial charge in [-0.1, -0.05) is 13.5 Å². The van der Waals surface area contributed by atoms with Gasteiger partial charge in [-0.25, -0.2) is 13.2 Å². The van der Waals surface area contributed by atoms with E-state index < -0.39 is 16.4 Å². The second-order valence-corrected chi connectivity index (χ2v) is 5.24. The molecule has 0 heterocycles. The topological polar surface area (TPSA) is 82.1 Å². The molecule has 0 spiro atoms. The summed E-state index contributed by atoms with van der Waals surface area (Å²) in [5, 5.41) is 0. The maximum Gasteiger partial charge on any atom is 0.399 e. The van der Waals surface area contributed by atoms with Crippen molar-refractivity contribution in [3.05, 3.63) is 12.2 Å². The van der Waals surface area contributed by atoms with Crippen molar-refractivity contribution in [1.82, 2.24) is 4.90 Å². The Bertz CT molecular complexity index is 377. The Morgan fingerprint density at radius 2 is 1.65 bits per heavy atom. The Labute approximate surface area is 121 Å². The number of ether oxygens (including phenoxy) is 1. The summed E-state index contributed by atoms with van der Waals surface area (Å²) in [4.78, 5) is 13.0. The van der Waals surface area contributed by atoms with Gasteiger partial charge in [0, 0.05) is 5.57 Å². The molecule has 0 saturated heterocycles. The number of hydrogen-bond acceptors (Lipinski definition) is 7. The molecular formula is C12H25NO6S. The molecule has 0 N–H and O–H groups in total. The first-order chi connectivity index (χ1) is 9.16. The van der Waals surface area contributed by atoms with Crippen molar-refractivity contribution in [2.24, 2.45) is 0 Å². The molecule has 0 saturated carbocycles. The van der Waals surface area contributed by atoms with Crippen molar-refractivity contribution in [1.29, 1.82) is 0 Å². The summed E-state index contributed by atoms with van der Waals surface area (Å²) >= 11 is 0. The Morgan fingerprint density at radius 3 is 2.00 bits per heavy atom. The van der Waals surface area contributed by atoms with Crippen LogP contribution in [0.25, 0.3) is 0 Å². The van der Waals surface area contributed by atoms with Crippen LogP contribution in [0.2, 0.25) is 0 Å². The fraction of sp³-hybridized carbons (Fsp3) is 0.750. The number of hydrogen-bond donors (Lipinski definition) is 0. The highest BCUT2D eigenvalue weighted by atomic mass is 32.3. The monoisotopic (exact) mass is 311 g/mol. The van der Waals surface area contributed by atoms with E-state index in [0.717, 1.165) is 6.54 Å². The number of nitrogens with zero attached hydrogens (tertiary/aromatic N) is 1. The van der Waals surface area contributed by atoms with Crippen LogP contribution in [0.1, 0.15) is 20.8 Å². The number of rotatable bonds is 8. The zero-order valence-corrected chi connectivity index (χ0v) is 13.7. The van der Waals surface area contributed by atoms with Crippen molar-refractivity contribution in [2.75, 3.05) is 40.5 Å². The van der Waals surface area contributed by atoms with Crippen molar-refractivity contribution in [3.63, 3.8) is 0 Å². The molecule has 0 fully saturated rings.